The summed E-state index contributed by atoms with van der Waals surface area (Å²) in [6, 6.07) is 28.9. The largest absolute Gasteiger partial charge is 0.351 e. The van der Waals surface area contributed by atoms with Crippen molar-refractivity contribution in [3.05, 3.63) is 113 Å². The molecule has 3 rings (SSSR count). The van der Waals surface area contributed by atoms with Gasteiger partial charge in [-0.3, -0.25) is 9.69 Å². The predicted octanol–water partition coefficient (Wildman–Crippen LogP) is 4.78. The van der Waals surface area contributed by atoms with Gasteiger partial charge >= 0.3 is 0 Å². The Balaban J connectivity index is 1.64. The number of nitrogens with zero attached hydrogens (tertiary/aromatic N) is 1. The lowest BCUT2D eigenvalue weighted by atomic mass is 9.97. The Morgan fingerprint density at radius 3 is 2.06 bits per heavy atom. The monoisotopic (exact) mass is 441 g/mol. The lowest BCUT2D eigenvalue weighted by Gasteiger charge is -2.26. The normalized spacial score (nSPS) is 11.8. The molecule has 4 nitrogen and oxygen atoms in total. The molecule has 172 valence electrons. The van der Waals surface area contributed by atoms with E-state index >= 15 is 0 Å². The van der Waals surface area contributed by atoms with E-state index in [1.165, 1.54) is 22.3 Å². The summed E-state index contributed by atoms with van der Waals surface area (Å²) in [5.41, 5.74) is 11.8. The molecule has 0 aromatic heterocycles. The van der Waals surface area contributed by atoms with Gasteiger partial charge in [-0.15, -0.1) is 0 Å². The van der Waals surface area contributed by atoms with Crippen molar-refractivity contribution in [2.24, 2.45) is 5.73 Å². The molecule has 3 aromatic rings. The second kappa shape index (κ2) is 12.7. The standard InChI is InChI=1S/C29H35N3O/c1-23-15-17-24(18-16-23)22-31-29(33)28(19-20-30)32(2)21-9-14-27(25-10-5-3-6-11-25)26-12-7-4-8-13-26/h3-8,10-18,28H,9,19-22,30H2,1-2H3,(H,31,33). The number of carbonyl (C=O) groups is 1. The van der Waals surface area contributed by atoms with Crippen LogP contribution in [0.15, 0.2) is 91.0 Å². The molecule has 0 fully saturated rings. The molecule has 0 aliphatic rings. The number of rotatable bonds is 11. The van der Waals surface area contributed by atoms with Crippen LogP contribution in [0, 0.1) is 6.92 Å². The second-order valence-electron chi connectivity index (χ2n) is 8.42. The number of hydrogen-bond acceptors (Lipinski definition) is 3. The number of carbonyl (C=O) groups excluding carboxylic acids is 1. The zero-order chi connectivity index (χ0) is 23.5. The van der Waals surface area contributed by atoms with Crippen LogP contribution in [0.5, 0.6) is 0 Å². The van der Waals surface area contributed by atoms with Crippen molar-refractivity contribution in [1.29, 1.82) is 0 Å². The number of hydrogen-bond donors (Lipinski definition) is 2. The van der Waals surface area contributed by atoms with Gasteiger partial charge in [0.2, 0.25) is 5.91 Å². The Morgan fingerprint density at radius 1 is 0.939 bits per heavy atom. The third-order valence-electron chi connectivity index (χ3n) is 5.86. The first-order valence-corrected chi connectivity index (χ1v) is 11.6. The number of likely N-dealkylation sites (N-methyl/N-ethyl adjacent to an activating group) is 1. The third-order valence-corrected chi connectivity index (χ3v) is 5.86. The van der Waals surface area contributed by atoms with E-state index in [0.29, 0.717) is 19.5 Å². The van der Waals surface area contributed by atoms with Crippen LogP contribution in [0.3, 0.4) is 0 Å². The molecule has 0 saturated carbocycles. The third kappa shape index (κ3) is 7.41. The summed E-state index contributed by atoms with van der Waals surface area (Å²) in [4.78, 5) is 15.0. The molecule has 0 radical (unpaired) electrons. The van der Waals surface area contributed by atoms with E-state index in [2.05, 4.69) is 96.0 Å². The molecule has 1 unspecified atom stereocenters. The van der Waals surface area contributed by atoms with Gasteiger partial charge in [-0.2, -0.15) is 0 Å². The van der Waals surface area contributed by atoms with Gasteiger partial charge in [0.05, 0.1) is 6.04 Å². The number of nitrogens with two attached hydrogens (primary N) is 1. The van der Waals surface area contributed by atoms with Crippen LogP contribution < -0.4 is 11.1 Å². The zero-order valence-electron chi connectivity index (χ0n) is 19.7. The van der Waals surface area contributed by atoms with Gasteiger partial charge in [-0.25, -0.2) is 0 Å². The molecule has 0 aliphatic heterocycles. The Kier molecular flexibility index (Phi) is 9.43. The summed E-state index contributed by atoms with van der Waals surface area (Å²) in [7, 11) is 2.00. The fourth-order valence-corrected chi connectivity index (χ4v) is 3.93. The summed E-state index contributed by atoms with van der Waals surface area (Å²) >= 11 is 0. The van der Waals surface area contributed by atoms with E-state index in [4.69, 9.17) is 5.73 Å². The van der Waals surface area contributed by atoms with E-state index in [1.54, 1.807) is 0 Å². The Bertz CT molecular complexity index is 972. The van der Waals surface area contributed by atoms with Crippen LogP contribution in [-0.4, -0.2) is 37.0 Å². The van der Waals surface area contributed by atoms with Crippen LogP contribution >= 0.6 is 0 Å². The summed E-state index contributed by atoms with van der Waals surface area (Å²) in [5.74, 6) is 0.0267. The van der Waals surface area contributed by atoms with Crippen molar-refractivity contribution in [3.63, 3.8) is 0 Å². The van der Waals surface area contributed by atoms with Crippen molar-refractivity contribution in [1.82, 2.24) is 10.2 Å². The van der Waals surface area contributed by atoms with Gasteiger partial charge in [0, 0.05) is 13.1 Å². The van der Waals surface area contributed by atoms with Gasteiger partial charge in [0.15, 0.2) is 0 Å². The van der Waals surface area contributed by atoms with Crippen molar-refractivity contribution in [2.45, 2.75) is 32.4 Å². The van der Waals surface area contributed by atoms with Crippen LogP contribution in [0.4, 0.5) is 0 Å². The minimum Gasteiger partial charge on any atom is -0.351 e. The van der Waals surface area contributed by atoms with Crippen LogP contribution in [0.2, 0.25) is 0 Å². The highest BCUT2D eigenvalue weighted by Gasteiger charge is 2.21. The van der Waals surface area contributed by atoms with E-state index in [0.717, 1.165) is 18.5 Å². The molecule has 33 heavy (non-hydrogen) atoms. The highest BCUT2D eigenvalue weighted by Crippen LogP contribution is 2.23. The smallest absolute Gasteiger partial charge is 0.237 e. The number of nitrogens with one attached hydrogen (secondary N) is 1. The van der Waals surface area contributed by atoms with Crippen molar-refractivity contribution in [2.75, 3.05) is 20.1 Å². The predicted molar refractivity (Wildman–Crippen MR) is 138 cm³/mol. The summed E-state index contributed by atoms with van der Waals surface area (Å²) in [5, 5.41) is 3.08. The molecule has 0 aliphatic carbocycles. The Labute approximate surface area is 198 Å². The SMILES string of the molecule is Cc1ccc(CNC(=O)C(CCN)N(C)CCC=C(c2ccccc2)c2ccccc2)cc1. The first kappa shape index (κ1) is 24.4. The summed E-state index contributed by atoms with van der Waals surface area (Å²) < 4.78 is 0. The van der Waals surface area contributed by atoms with E-state index < -0.39 is 0 Å². The fourth-order valence-electron chi connectivity index (χ4n) is 3.93. The van der Waals surface area contributed by atoms with Crippen LogP contribution in [0.1, 0.15) is 35.1 Å². The molecular weight excluding hydrogens is 406 g/mol. The molecule has 1 amide bonds. The maximum Gasteiger partial charge on any atom is 0.237 e. The minimum atomic E-state index is -0.245. The molecule has 0 saturated heterocycles. The summed E-state index contributed by atoms with van der Waals surface area (Å²) in [6.07, 6.45) is 3.73. The van der Waals surface area contributed by atoms with E-state index in [9.17, 15) is 4.79 Å². The van der Waals surface area contributed by atoms with E-state index in [-0.39, 0.29) is 11.9 Å². The van der Waals surface area contributed by atoms with Gasteiger partial charge < -0.3 is 11.1 Å². The Hall–Kier alpha value is -3.21. The molecular formula is C29H35N3O. The van der Waals surface area contributed by atoms with E-state index in [1.807, 2.05) is 19.2 Å². The second-order valence-corrected chi connectivity index (χ2v) is 8.42. The number of aryl methyl sites for hydroxylation is 1. The topological polar surface area (TPSA) is 58.4 Å². The quantitative estimate of drug-likeness (QED) is 0.450. The molecule has 3 N–H and O–H groups in total. The first-order chi connectivity index (χ1) is 16.1. The lowest BCUT2D eigenvalue weighted by Crippen LogP contribution is -2.46. The molecule has 4 heteroatoms. The highest BCUT2D eigenvalue weighted by atomic mass is 16.2. The van der Waals surface area contributed by atoms with Gasteiger partial charge in [0.1, 0.15) is 0 Å². The average Bonchev–Trinajstić information content (AvgIpc) is 2.85. The highest BCUT2D eigenvalue weighted by molar-refractivity contribution is 5.82. The summed E-state index contributed by atoms with van der Waals surface area (Å²) in [6.45, 7) is 3.83. The van der Waals surface area contributed by atoms with Gasteiger partial charge in [0.25, 0.3) is 0 Å². The maximum absolute atomic E-state index is 12.9. The first-order valence-electron chi connectivity index (χ1n) is 11.6. The lowest BCUT2D eigenvalue weighted by molar-refractivity contribution is -0.126. The maximum atomic E-state index is 12.9. The van der Waals surface area contributed by atoms with Crippen LogP contribution in [0.25, 0.3) is 5.57 Å². The Morgan fingerprint density at radius 2 is 1.52 bits per heavy atom. The molecule has 0 spiro atoms. The molecule has 0 bridgehead atoms. The number of benzene rings is 3. The molecule has 1 atom stereocenters. The van der Waals surface area contributed by atoms with Crippen molar-refractivity contribution < 1.29 is 4.79 Å². The zero-order valence-corrected chi connectivity index (χ0v) is 19.7. The fraction of sp³-hybridized carbons (Fsp3) is 0.276. The molecule has 3 aromatic carbocycles. The van der Waals surface area contributed by atoms with Gasteiger partial charge in [-0.05, 0) is 55.6 Å². The van der Waals surface area contributed by atoms with Crippen molar-refractivity contribution in [3.8, 4) is 0 Å². The van der Waals surface area contributed by atoms with Crippen molar-refractivity contribution >= 4 is 11.5 Å². The van der Waals surface area contributed by atoms with Gasteiger partial charge in [-0.1, -0.05) is 96.6 Å². The molecule has 0 heterocycles. The average molecular weight is 442 g/mol. The minimum absolute atomic E-state index is 0.0267. The number of amides is 1. The van der Waals surface area contributed by atoms with Crippen LogP contribution in [-0.2, 0) is 11.3 Å².